The number of aliphatic carboxylic acids is 1. The second-order valence-corrected chi connectivity index (χ2v) is 3.87. The van der Waals surface area contributed by atoms with Gasteiger partial charge in [0.05, 0.1) is 26.3 Å². The Morgan fingerprint density at radius 3 is 3.00 bits per heavy atom. The molecule has 5 nitrogen and oxygen atoms in total. The molecule has 2 rings (SSSR count). The third-order valence-electron chi connectivity index (χ3n) is 2.59. The summed E-state index contributed by atoms with van der Waals surface area (Å²) in [6, 6.07) is 7.65. The summed E-state index contributed by atoms with van der Waals surface area (Å²) in [4.78, 5) is 10.5. The molecule has 2 aromatic rings. The lowest BCUT2D eigenvalue weighted by molar-refractivity contribution is -0.137. The molecule has 1 N–H and O–H groups in total. The second kappa shape index (κ2) is 5.35. The number of benzene rings is 1. The SMILES string of the molecule is COc1cccc(-c2cnn(CCC(=O)O)c2)c1. The Hall–Kier alpha value is -2.30. The highest BCUT2D eigenvalue weighted by molar-refractivity contribution is 5.66. The van der Waals surface area contributed by atoms with Crippen LogP contribution in [0.3, 0.4) is 0 Å². The molecule has 0 aliphatic heterocycles. The summed E-state index contributed by atoms with van der Waals surface area (Å²) in [6.45, 7) is 0.374. The van der Waals surface area contributed by atoms with E-state index in [9.17, 15) is 4.79 Å². The second-order valence-electron chi connectivity index (χ2n) is 3.87. The van der Waals surface area contributed by atoms with Gasteiger partial charge < -0.3 is 9.84 Å². The normalized spacial score (nSPS) is 10.3. The molecule has 0 fully saturated rings. The Labute approximate surface area is 105 Å². The monoisotopic (exact) mass is 246 g/mol. The molecule has 0 amide bonds. The number of aromatic nitrogens is 2. The summed E-state index contributed by atoms with van der Waals surface area (Å²) < 4.78 is 6.79. The van der Waals surface area contributed by atoms with Gasteiger partial charge in [0.25, 0.3) is 0 Å². The van der Waals surface area contributed by atoms with Crippen molar-refractivity contribution in [1.82, 2.24) is 9.78 Å². The third kappa shape index (κ3) is 2.88. The molecule has 0 unspecified atom stereocenters. The molecule has 0 bridgehead atoms. The highest BCUT2D eigenvalue weighted by Gasteiger charge is 2.04. The van der Waals surface area contributed by atoms with E-state index >= 15 is 0 Å². The number of methoxy groups -OCH3 is 1. The molecule has 1 aromatic carbocycles. The first-order valence-corrected chi connectivity index (χ1v) is 5.57. The standard InChI is InChI=1S/C13H14N2O3/c1-18-12-4-2-3-10(7-12)11-8-14-15(9-11)6-5-13(16)17/h2-4,7-9H,5-6H2,1H3,(H,16,17). The zero-order valence-electron chi connectivity index (χ0n) is 10.0. The maximum absolute atomic E-state index is 10.5. The minimum absolute atomic E-state index is 0.0687. The van der Waals surface area contributed by atoms with Crippen LogP contribution in [-0.4, -0.2) is 28.0 Å². The zero-order chi connectivity index (χ0) is 13.0. The van der Waals surface area contributed by atoms with Crippen LogP contribution in [0.1, 0.15) is 6.42 Å². The Kier molecular flexibility index (Phi) is 3.62. The molecule has 0 saturated heterocycles. The Bertz CT molecular complexity index is 549. The predicted octanol–water partition coefficient (Wildman–Crippen LogP) is 2.03. The van der Waals surface area contributed by atoms with Crippen LogP contribution in [0.15, 0.2) is 36.7 Å². The van der Waals surface area contributed by atoms with Crippen molar-refractivity contribution in [3.63, 3.8) is 0 Å². The molecule has 0 saturated carbocycles. The zero-order valence-corrected chi connectivity index (χ0v) is 10.0. The van der Waals surface area contributed by atoms with Gasteiger partial charge in [-0.2, -0.15) is 5.10 Å². The van der Waals surface area contributed by atoms with E-state index in [1.54, 1.807) is 18.0 Å². The average molecular weight is 246 g/mol. The van der Waals surface area contributed by atoms with Crippen LogP contribution in [-0.2, 0) is 11.3 Å². The molecule has 1 aromatic heterocycles. The van der Waals surface area contributed by atoms with Gasteiger partial charge in [-0.25, -0.2) is 0 Å². The van der Waals surface area contributed by atoms with Crippen molar-refractivity contribution in [3.8, 4) is 16.9 Å². The van der Waals surface area contributed by atoms with E-state index in [1.165, 1.54) is 0 Å². The summed E-state index contributed by atoms with van der Waals surface area (Å²) in [5.74, 6) is -0.0424. The molecule has 0 radical (unpaired) electrons. The number of carboxylic acids is 1. The highest BCUT2D eigenvalue weighted by atomic mass is 16.5. The fourth-order valence-electron chi connectivity index (χ4n) is 1.65. The molecule has 94 valence electrons. The van der Waals surface area contributed by atoms with Crippen molar-refractivity contribution in [2.75, 3.05) is 7.11 Å². The molecule has 18 heavy (non-hydrogen) atoms. The third-order valence-corrected chi connectivity index (χ3v) is 2.59. The summed E-state index contributed by atoms with van der Waals surface area (Å²) in [6.07, 6.45) is 3.62. The Morgan fingerprint density at radius 2 is 2.28 bits per heavy atom. The molecule has 0 spiro atoms. The molecular formula is C13H14N2O3. The van der Waals surface area contributed by atoms with Crippen molar-refractivity contribution in [3.05, 3.63) is 36.7 Å². The van der Waals surface area contributed by atoms with Gasteiger partial charge >= 0.3 is 5.97 Å². The van der Waals surface area contributed by atoms with Gasteiger partial charge in [-0.05, 0) is 17.7 Å². The van der Waals surface area contributed by atoms with E-state index in [4.69, 9.17) is 9.84 Å². The van der Waals surface area contributed by atoms with Gasteiger partial charge in [0.2, 0.25) is 0 Å². The van der Waals surface area contributed by atoms with Gasteiger partial charge in [-0.3, -0.25) is 9.48 Å². The number of carboxylic acid groups (broad SMARTS) is 1. The first-order chi connectivity index (χ1) is 8.69. The number of ether oxygens (including phenoxy) is 1. The molecule has 0 aliphatic rings. The number of hydrogen-bond acceptors (Lipinski definition) is 3. The lowest BCUT2D eigenvalue weighted by Crippen LogP contribution is -2.04. The van der Waals surface area contributed by atoms with E-state index in [0.717, 1.165) is 16.9 Å². The molecule has 0 atom stereocenters. The Balaban J connectivity index is 2.15. The van der Waals surface area contributed by atoms with Crippen LogP contribution in [0.5, 0.6) is 5.75 Å². The van der Waals surface area contributed by atoms with E-state index in [2.05, 4.69) is 5.10 Å². The number of hydrogen-bond donors (Lipinski definition) is 1. The smallest absolute Gasteiger partial charge is 0.305 e. The Morgan fingerprint density at radius 1 is 1.44 bits per heavy atom. The van der Waals surface area contributed by atoms with Crippen LogP contribution in [0.4, 0.5) is 0 Å². The van der Waals surface area contributed by atoms with Crippen molar-refractivity contribution >= 4 is 5.97 Å². The van der Waals surface area contributed by atoms with Gasteiger partial charge in [-0.15, -0.1) is 0 Å². The highest BCUT2D eigenvalue weighted by Crippen LogP contribution is 2.23. The lowest BCUT2D eigenvalue weighted by atomic mass is 10.1. The molecule has 5 heteroatoms. The maximum atomic E-state index is 10.5. The number of nitrogens with zero attached hydrogens (tertiary/aromatic N) is 2. The fourth-order valence-corrected chi connectivity index (χ4v) is 1.65. The quantitative estimate of drug-likeness (QED) is 0.876. The molecule has 0 aliphatic carbocycles. The predicted molar refractivity (Wildman–Crippen MR) is 66.5 cm³/mol. The first-order valence-electron chi connectivity index (χ1n) is 5.57. The maximum Gasteiger partial charge on any atom is 0.305 e. The first kappa shape index (κ1) is 12.2. The van der Waals surface area contributed by atoms with E-state index in [0.29, 0.717) is 6.54 Å². The van der Waals surface area contributed by atoms with Crippen LogP contribution in [0.2, 0.25) is 0 Å². The van der Waals surface area contributed by atoms with Crippen molar-refractivity contribution < 1.29 is 14.6 Å². The number of aryl methyl sites for hydroxylation is 1. The van der Waals surface area contributed by atoms with Crippen LogP contribution in [0.25, 0.3) is 11.1 Å². The summed E-state index contributed by atoms with van der Waals surface area (Å²) in [7, 11) is 1.62. The fraction of sp³-hybridized carbons (Fsp3) is 0.231. The van der Waals surface area contributed by atoms with Gasteiger partial charge in [0.15, 0.2) is 0 Å². The van der Waals surface area contributed by atoms with E-state index in [-0.39, 0.29) is 6.42 Å². The van der Waals surface area contributed by atoms with Gasteiger partial charge in [0, 0.05) is 11.8 Å². The van der Waals surface area contributed by atoms with Crippen LogP contribution in [0, 0.1) is 0 Å². The summed E-state index contributed by atoms with van der Waals surface area (Å²) in [5, 5.41) is 12.7. The topological polar surface area (TPSA) is 64.4 Å². The van der Waals surface area contributed by atoms with Crippen molar-refractivity contribution in [2.45, 2.75) is 13.0 Å². The minimum atomic E-state index is -0.826. The van der Waals surface area contributed by atoms with E-state index < -0.39 is 5.97 Å². The van der Waals surface area contributed by atoms with Crippen molar-refractivity contribution in [2.24, 2.45) is 0 Å². The number of carbonyl (C=O) groups is 1. The summed E-state index contributed by atoms with van der Waals surface area (Å²) in [5.41, 5.74) is 1.94. The number of rotatable bonds is 5. The average Bonchev–Trinajstić information content (AvgIpc) is 2.85. The summed E-state index contributed by atoms with van der Waals surface area (Å²) >= 11 is 0. The minimum Gasteiger partial charge on any atom is -0.497 e. The van der Waals surface area contributed by atoms with Crippen LogP contribution >= 0.6 is 0 Å². The van der Waals surface area contributed by atoms with Crippen molar-refractivity contribution in [1.29, 1.82) is 0 Å². The molecular weight excluding hydrogens is 232 g/mol. The van der Waals surface area contributed by atoms with Gasteiger partial charge in [-0.1, -0.05) is 12.1 Å². The molecule has 1 heterocycles. The largest absolute Gasteiger partial charge is 0.497 e. The van der Waals surface area contributed by atoms with E-state index in [1.807, 2.05) is 30.5 Å². The van der Waals surface area contributed by atoms with Crippen LogP contribution < -0.4 is 4.74 Å². The lowest BCUT2D eigenvalue weighted by Gasteiger charge is -2.01. The van der Waals surface area contributed by atoms with Gasteiger partial charge in [0.1, 0.15) is 5.75 Å².